The van der Waals surface area contributed by atoms with Crippen molar-refractivity contribution in [1.82, 2.24) is 30.0 Å². The summed E-state index contributed by atoms with van der Waals surface area (Å²) in [4.78, 5) is 13.5. The highest BCUT2D eigenvalue weighted by molar-refractivity contribution is 5.90. The largest absolute Gasteiger partial charge is 0.292 e. The van der Waals surface area contributed by atoms with Gasteiger partial charge >= 0.3 is 0 Å². The predicted octanol–water partition coefficient (Wildman–Crippen LogP) is 1.36. The van der Waals surface area contributed by atoms with Crippen LogP contribution in [0.4, 0.5) is 5.95 Å². The summed E-state index contributed by atoms with van der Waals surface area (Å²) in [5.74, 6) is 0.0859. The average molecular weight is 289 g/mol. The highest BCUT2D eigenvalue weighted by atomic mass is 16.1. The summed E-state index contributed by atoms with van der Waals surface area (Å²) in [5.41, 5.74) is 0.924. The van der Waals surface area contributed by atoms with Crippen LogP contribution in [0.3, 0.4) is 0 Å². The van der Waals surface area contributed by atoms with Crippen molar-refractivity contribution in [2.45, 2.75) is 51.6 Å². The Morgan fingerprint density at radius 1 is 1.48 bits per heavy atom. The number of tetrazole rings is 1. The third-order valence-corrected chi connectivity index (χ3v) is 3.66. The van der Waals surface area contributed by atoms with Crippen molar-refractivity contribution < 1.29 is 4.79 Å². The summed E-state index contributed by atoms with van der Waals surface area (Å²) >= 11 is 0. The number of hydrogen-bond donors (Lipinski definition) is 1. The van der Waals surface area contributed by atoms with E-state index in [4.69, 9.17) is 0 Å². The lowest BCUT2D eigenvalue weighted by atomic mass is 9.93. The van der Waals surface area contributed by atoms with E-state index in [0.717, 1.165) is 18.5 Å². The molecule has 0 unspecified atom stereocenters. The smallest absolute Gasteiger partial charge is 0.270 e. The molecule has 0 atom stereocenters. The summed E-state index contributed by atoms with van der Waals surface area (Å²) in [6.07, 6.45) is 5.53. The molecule has 1 fully saturated rings. The Morgan fingerprint density at radius 2 is 2.29 bits per heavy atom. The molecule has 0 bridgehead atoms. The molecule has 1 amide bonds. The van der Waals surface area contributed by atoms with Crippen LogP contribution >= 0.6 is 0 Å². The highest BCUT2D eigenvalue weighted by Crippen LogP contribution is 2.31. The summed E-state index contributed by atoms with van der Waals surface area (Å²) < 4.78 is 1.96. The van der Waals surface area contributed by atoms with Gasteiger partial charge in [0.05, 0.1) is 18.5 Å². The molecule has 1 saturated carbocycles. The monoisotopic (exact) mass is 289 g/mol. The normalized spacial score (nSPS) is 15.2. The first-order valence-electron chi connectivity index (χ1n) is 7.25. The van der Waals surface area contributed by atoms with Gasteiger partial charge in [-0.15, -0.1) is 5.10 Å². The number of nitrogens with zero attached hydrogens (tertiary/aromatic N) is 6. The molecule has 2 heterocycles. The highest BCUT2D eigenvalue weighted by Gasteiger charge is 2.23. The van der Waals surface area contributed by atoms with Gasteiger partial charge in [-0.2, -0.15) is 9.90 Å². The van der Waals surface area contributed by atoms with E-state index in [1.807, 2.05) is 24.6 Å². The standard InChI is InChI=1S/C13H19N7O/c1-9(2)20-17-13(16-18-20)15-12(21)8-11-6-7-14-19(11)10-4-3-5-10/h6-7,9-10H,3-5,8H2,1-2H3,(H,15,17,21). The second-order valence-electron chi connectivity index (χ2n) is 5.60. The number of nitrogens with one attached hydrogen (secondary N) is 1. The zero-order valence-electron chi connectivity index (χ0n) is 12.2. The number of carbonyl (C=O) groups excluding carboxylic acids is 1. The molecule has 0 aromatic carbocycles. The van der Waals surface area contributed by atoms with Crippen LogP contribution in [0.5, 0.6) is 0 Å². The van der Waals surface area contributed by atoms with Crippen LogP contribution in [0, 0.1) is 0 Å². The molecule has 21 heavy (non-hydrogen) atoms. The van der Waals surface area contributed by atoms with Gasteiger partial charge in [0.25, 0.3) is 5.95 Å². The van der Waals surface area contributed by atoms with Crippen LogP contribution in [0.1, 0.15) is 50.9 Å². The Labute approximate surface area is 122 Å². The Kier molecular flexibility index (Phi) is 3.68. The summed E-state index contributed by atoms with van der Waals surface area (Å²) in [6, 6.07) is 2.45. The molecule has 0 spiro atoms. The van der Waals surface area contributed by atoms with Crippen LogP contribution in [0.25, 0.3) is 0 Å². The number of rotatable bonds is 5. The van der Waals surface area contributed by atoms with E-state index in [0.29, 0.717) is 6.04 Å². The Balaban J connectivity index is 1.62. The maximum absolute atomic E-state index is 12.1. The van der Waals surface area contributed by atoms with E-state index >= 15 is 0 Å². The van der Waals surface area contributed by atoms with Crippen LogP contribution in [0.15, 0.2) is 12.3 Å². The van der Waals surface area contributed by atoms with Gasteiger partial charge in [0.1, 0.15) is 0 Å². The number of anilines is 1. The average Bonchev–Trinajstić information content (AvgIpc) is 2.98. The van der Waals surface area contributed by atoms with Gasteiger partial charge in [0.15, 0.2) is 0 Å². The minimum absolute atomic E-state index is 0.114. The lowest BCUT2D eigenvalue weighted by Gasteiger charge is -2.27. The lowest BCUT2D eigenvalue weighted by molar-refractivity contribution is -0.115. The van der Waals surface area contributed by atoms with Gasteiger partial charge in [-0.1, -0.05) is 5.10 Å². The van der Waals surface area contributed by atoms with Crippen molar-refractivity contribution in [3.05, 3.63) is 18.0 Å². The number of carbonyl (C=O) groups is 1. The topological polar surface area (TPSA) is 90.5 Å². The number of aromatic nitrogens is 6. The molecule has 8 nitrogen and oxygen atoms in total. The van der Waals surface area contributed by atoms with E-state index in [-0.39, 0.29) is 24.3 Å². The second-order valence-corrected chi connectivity index (χ2v) is 5.60. The number of amides is 1. The Bertz CT molecular complexity index is 626. The SMILES string of the molecule is CC(C)n1nnc(NC(=O)Cc2ccnn2C2CCC2)n1. The minimum atomic E-state index is -0.153. The van der Waals surface area contributed by atoms with Crippen LogP contribution < -0.4 is 5.32 Å². The molecular weight excluding hydrogens is 270 g/mol. The second kappa shape index (κ2) is 5.63. The molecule has 8 heteroatoms. The van der Waals surface area contributed by atoms with Crippen LogP contribution in [-0.4, -0.2) is 35.9 Å². The first-order valence-corrected chi connectivity index (χ1v) is 7.25. The molecule has 3 rings (SSSR count). The van der Waals surface area contributed by atoms with Gasteiger partial charge in [-0.05, 0) is 44.4 Å². The van der Waals surface area contributed by atoms with Crippen molar-refractivity contribution in [2.75, 3.05) is 5.32 Å². The van der Waals surface area contributed by atoms with Gasteiger partial charge < -0.3 is 0 Å². The van der Waals surface area contributed by atoms with Gasteiger partial charge in [0.2, 0.25) is 5.91 Å². The fourth-order valence-corrected chi connectivity index (χ4v) is 2.27. The van der Waals surface area contributed by atoms with Gasteiger partial charge in [-0.25, -0.2) is 0 Å². The van der Waals surface area contributed by atoms with Crippen LogP contribution in [-0.2, 0) is 11.2 Å². The fourth-order valence-electron chi connectivity index (χ4n) is 2.27. The van der Waals surface area contributed by atoms with E-state index in [1.165, 1.54) is 11.2 Å². The molecular formula is C13H19N7O. The quantitative estimate of drug-likeness (QED) is 0.897. The van der Waals surface area contributed by atoms with E-state index in [2.05, 4.69) is 25.8 Å². The first kappa shape index (κ1) is 13.7. The maximum atomic E-state index is 12.1. The van der Waals surface area contributed by atoms with Crippen molar-refractivity contribution in [1.29, 1.82) is 0 Å². The predicted molar refractivity (Wildman–Crippen MR) is 75.7 cm³/mol. The summed E-state index contributed by atoms with van der Waals surface area (Å²) in [5, 5.41) is 18.8. The van der Waals surface area contributed by atoms with Gasteiger partial charge in [0, 0.05) is 11.9 Å². The van der Waals surface area contributed by atoms with Crippen molar-refractivity contribution in [3.63, 3.8) is 0 Å². The maximum Gasteiger partial charge on any atom is 0.270 e. The van der Waals surface area contributed by atoms with E-state index in [9.17, 15) is 4.79 Å². The first-order chi connectivity index (χ1) is 10.1. The molecule has 1 aliphatic carbocycles. The zero-order valence-corrected chi connectivity index (χ0v) is 12.2. The molecule has 1 aliphatic rings. The summed E-state index contributed by atoms with van der Waals surface area (Å²) in [7, 11) is 0. The Hall–Kier alpha value is -2.25. The Morgan fingerprint density at radius 3 is 2.90 bits per heavy atom. The molecule has 2 aromatic heterocycles. The molecule has 1 N–H and O–H groups in total. The minimum Gasteiger partial charge on any atom is -0.292 e. The zero-order chi connectivity index (χ0) is 14.8. The molecule has 2 aromatic rings. The van der Waals surface area contributed by atoms with Gasteiger partial charge in [-0.3, -0.25) is 14.8 Å². The number of hydrogen-bond acceptors (Lipinski definition) is 5. The van der Waals surface area contributed by atoms with Crippen molar-refractivity contribution in [2.24, 2.45) is 0 Å². The summed E-state index contributed by atoms with van der Waals surface area (Å²) in [6.45, 7) is 3.90. The third-order valence-electron chi connectivity index (χ3n) is 3.66. The molecule has 0 radical (unpaired) electrons. The fraction of sp³-hybridized carbons (Fsp3) is 0.615. The third kappa shape index (κ3) is 2.93. The van der Waals surface area contributed by atoms with E-state index in [1.54, 1.807) is 6.20 Å². The van der Waals surface area contributed by atoms with Crippen molar-refractivity contribution in [3.8, 4) is 0 Å². The van der Waals surface area contributed by atoms with Crippen LogP contribution in [0.2, 0.25) is 0 Å². The molecule has 0 saturated heterocycles. The molecule has 112 valence electrons. The lowest BCUT2D eigenvalue weighted by Crippen LogP contribution is -2.23. The van der Waals surface area contributed by atoms with Crippen molar-refractivity contribution >= 4 is 11.9 Å². The van der Waals surface area contributed by atoms with E-state index < -0.39 is 0 Å². The molecule has 0 aliphatic heterocycles.